The fourth-order valence-corrected chi connectivity index (χ4v) is 2.46. The molecule has 0 aliphatic heterocycles. The van der Waals surface area contributed by atoms with Gasteiger partial charge in [0.2, 0.25) is 0 Å². The fraction of sp³-hybridized carbons (Fsp3) is 0.923. The van der Waals surface area contributed by atoms with E-state index in [0.717, 1.165) is 19.3 Å². The van der Waals surface area contributed by atoms with Gasteiger partial charge in [0.1, 0.15) is 6.10 Å². The summed E-state index contributed by atoms with van der Waals surface area (Å²) in [5.41, 5.74) is -0.543. The molecule has 1 saturated carbocycles. The van der Waals surface area contributed by atoms with Crippen LogP contribution in [0.4, 0.5) is 0 Å². The van der Waals surface area contributed by atoms with E-state index >= 15 is 0 Å². The topological polar surface area (TPSA) is 65.3 Å². The first kappa shape index (κ1) is 14.4. The van der Waals surface area contributed by atoms with Gasteiger partial charge >= 0.3 is 0 Å². The van der Waals surface area contributed by atoms with Gasteiger partial charge in [-0.25, -0.2) is 0 Å². The second kappa shape index (κ2) is 6.95. The molecule has 1 rings (SSSR count). The first-order chi connectivity index (χ1) is 8.06. The van der Waals surface area contributed by atoms with E-state index in [-0.39, 0.29) is 6.10 Å². The molecule has 0 aromatic carbocycles. The van der Waals surface area contributed by atoms with Crippen LogP contribution in [0.3, 0.4) is 0 Å². The van der Waals surface area contributed by atoms with Gasteiger partial charge in [-0.15, -0.1) is 0 Å². The lowest BCUT2D eigenvalue weighted by atomic mass is 9.79. The lowest BCUT2D eigenvalue weighted by molar-refractivity contribution is -0.0132. The molecule has 0 saturated heterocycles. The lowest BCUT2D eigenvalue weighted by Crippen LogP contribution is -2.44. The van der Waals surface area contributed by atoms with Crippen LogP contribution in [0.25, 0.3) is 0 Å². The van der Waals surface area contributed by atoms with Crippen LogP contribution in [0.1, 0.15) is 39.5 Å². The molecular formula is C13H24N2O2. The van der Waals surface area contributed by atoms with Crippen molar-refractivity contribution in [1.29, 1.82) is 5.26 Å². The molecule has 0 radical (unpaired) electrons. The molecule has 1 aliphatic rings. The first-order valence-electron chi connectivity index (χ1n) is 6.50. The van der Waals surface area contributed by atoms with Crippen LogP contribution in [0.5, 0.6) is 0 Å². The van der Waals surface area contributed by atoms with Gasteiger partial charge in [-0.1, -0.05) is 19.8 Å². The molecule has 3 atom stereocenters. The molecule has 0 spiro atoms. The second-order valence-corrected chi connectivity index (χ2v) is 5.24. The predicted octanol–water partition coefficient (Wildman–Crippen LogP) is 1.45. The van der Waals surface area contributed by atoms with Gasteiger partial charge in [-0.2, -0.15) is 5.26 Å². The number of nitrogens with one attached hydrogen (secondary N) is 1. The van der Waals surface area contributed by atoms with Crippen LogP contribution in [0.2, 0.25) is 0 Å². The zero-order valence-electron chi connectivity index (χ0n) is 10.9. The highest BCUT2D eigenvalue weighted by molar-refractivity contribution is 4.87. The van der Waals surface area contributed by atoms with E-state index in [1.165, 1.54) is 6.42 Å². The van der Waals surface area contributed by atoms with E-state index in [9.17, 15) is 5.11 Å². The third kappa shape index (κ3) is 5.49. The summed E-state index contributed by atoms with van der Waals surface area (Å²) in [6.07, 6.45) is 3.76. The third-order valence-corrected chi connectivity index (χ3v) is 3.35. The van der Waals surface area contributed by atoms with Gasteiger partial charge in [0.15, 0.2) is 0 Å². The molecule has 4 heteroatoms. The van der Waals surface area contributed by atoms with E-state index in [1.54, 1.807) is 6.92 Å². The van der Waals surface area contributed by atoms with Crippen LogP contribution in [0, 0.1) is 17.2 Å². The summed E-state index contributed by atoms with van der Waals surface area (Å²) in [6.45, 7) is 5.75. The third-order valence-electron chi connectivity index (χ3n) is 3.35. The zero-order chi connectivity index (χ0) is 12.7. The molecular weight excluding hydrogens is 216 g/mol. The normalized spacial score (nSPS) is 30.8. The van der Waals surface area contributed by atoms with Crippen molar-refractivity contribution >= 4 is 0 Å². The van der Waals surface area contributed by atoms with Crippen molar-refractivity contribution in [2.45, 2.75) is 51.2 Å². The molecule has 17 heavy (non-hydrogen) atoms. The standard InChI is InChI=1S/C13H24N2O2/c1-11-4-3-5-13(16,8-11)10-15-6-7-17-12(2)9-14/h11-12,15-16H,3-8,10H2,1-2H3. The van der Waals surface area contributed by atoms with E-state index in [4.69, 9.17) is 10.00 Å². The lowest BCUT2D eigenvalue weighted by Gasteiger charge is -2.35. The highest BCUT2D eigenvalue weighted by Gasteiger charge is 2.31. The average Bonchev–Trinajstić information content (AvgIpc) is 2.27. The number of hydrogen-bond donors (Lipinski definition) is 2. The van der Waals surface area contributed by atoms with Crippen LogP contribution in [0.15, 0.2) is 0 Å². The highest BCUT2D eigenvalue weighted by Crippen LogP contribution is 2.31. The number of rotatable bonds is 6. The summed E-state index contributed by atoms with van der Waals surface area (Å²) >= 11 is 0. The molecule has 0 bridgehead atoms. The predicted molar refractivity (Wildman–Crippen MR) is 66.5 cm³/mol. The first-order valence-corrected chi connectivity index (χ1v) is 6.50. The van der Waals surface area contributed by atoms with Gasteiger partial charge in [-0.05, 0) is 25.7 Å². The van der Waals surface area contributed by atoms with Gasteiger partial charge in [0, 0.05) is 13.1 Å². The molecule has 4 nitrogen and oxygen atoms in total. The van der Waals surface area contributed by atoms with Crippen molar-refractivity contribution in [3.8, 4) is 6.07 Å². The van der Waals surface area contributed by atoms with Crippen molar-refractivity contribution in [3.05, 3.63) is 0 Å². The highest BCUT2D eigenvalue weighted by atomic mass is 16.5. The fourth-order valence-electron chi connectivity index (χ4n) is 2.46. The van der Waals surface area contributed by atoms with Crippen LogP contribution < -0.4 is 5.32 Å². The SMILES string of the molecule is CC1CCCC(O)(CNCCOC(C)C#N)C1. The van der Waals surface area contributed by atoms with E-state index in [0.29, 0.717) is 25.6 Å². The Labute approximate surface area is 104 Å². The maximum Gasteiger partial charge on any atom is 0.141 e. The van der Waals surface area contributed by atoms with E-state index in [1.807, 2.05) is 6.07 Å². The summed E-state index contributed by atoms with van der Waals surface area (Å²) in [5.74, 6) is 0.616. The minimum Gasteiger partial charge on any atom is -0.389 e. The van der Waals surface area contributed by atoms with Crippen LogP contribution in [-0.2, 0) is 4.74 Å². The van der Waals surface area contributed by atoms with Gasteiger partial charge in [0.25, 0.3) is 0 Å². The monoisotopic (exact) mass is 240 g/mol. The molecule has 0 amide bonds. The van der Waals surface area contributed by atoms with Gasteiger partial charge in [-0.3, -0.25) is 0 Å². The molecule has 0 aromatic heterocycles. The maximum absolute atomic E-state index is 10.3. The Bertz CT molecular complexity index is 265. The molecule has 3 unspecified atom stereocenters. The van der Waals surface area contributed by atoms with E-state index < -0.39 is 5.60 Å². The Morgan fingerprint density at radius 2 is 2.41 bits per heavy atom. The van der Waals surface area contributed by atoms with Crippen molar-refractivity contribution in [2.24, 2.45) is 5.92 Å². The number of hydrogen-bond acceptors (Lipinski definition) is 4. The summed E-state index contributed by atoms with van der Waals surface area (Å²) < 4.78 is 5.23. The Morgan fingerprint density at radius 1 is 1.65 bits per heavy atom. The Balaban J connectivity index is 2.11. The smallest absolute Gasteiger partial charge is 0.141 e. The zero-order valence-corrected chi connectivity index (χ0v) is 10.9. The summed E-state index contributed by atoms with van der Waals surface area (Å²) in [5, 5.41) is 22.1. The molecule has 0 heterocycles. The van der Waals surface area contributed by atoms with Crippen molar-refractivity contribution < 1.29 is 9.84 Å². The van der Waals surface area contributed by atoms with E-state index in [2.05, 4.69) is 12.2 Å². The van der Waals surface area contributed by atoms with Crippen molar-refractivity contribution in [3.63, 3.8) is 0 Å². The van der Waals surface area contributed by atoms with Crippen LogP contribution >= 0.6 is 0 Å². The molecule has 2 N–H and O–H groups in total. The number of ether oxygens (including phenoxy) is 1. The minimum atomic E-state index is -0.543. The minimum absolute atomic E-state index is 0.352. The average molecular weight is 240 g/mol. The number of nitriles is 1. The molecule has 1 fully saturated rings. The van der Waals surface area contributed by atoms with Gasteiger partial charge in [0.05, 0.1) is 18.3 Å². The summed E-state index contributed by atoms with van der Waals surface area (Å²) in [7, 11) is 0. The summed E-state index contributed by atoms with van der Waals surface area (Å²) in [4.78, 5) is 0. The second-order valence-electron chi connectivity index (χ2n) is 5.24. The molecule has 0 aromatic rings. The maximum atomic E-state index is 10.3. The van der Waals surface area contributed by atoms with Gasteiger partial charge < -0.3 is 15.2 Å². The Morgan fingerprint density at radius 3 is 3.06 bits per heavy atom. The Hall–Kier alpha value is -0.630. The molecule has 98 valence electrons. The summed E-state index contributed by atoms with van der Waals surface area (Å²) in [6, 6.07) is 2.02. The quantitative estimate of drug-likeness (QED) is 0.690. The van der Waals surface area contributed by atoms with Crippen LogP contribution in [-0.4, -0.2) is 36.5 Å². The number of aliphatic hydroxyl groups is 1. The largest absolute Gasteiger partial charge is 0.389 e. The number of nitrogens with zero attached hydrogens (tertiary/aromatic N) is 1. The van der Waals surface area contributed by atoms with Crippen molar-refractivity contribution in [2.75, 3.05) is 19.7 Å². The Kier molecular flexibility index (Phi) is 5.90. The molecule has 1 aliphatic carbocycles. The van der Waals surface area contributed by atoms with Crippen molar-refractivity contribution in [1.82, 2.24) is 5.32 Å².